The van der Waals surface area contributed by atoms with Gasteiger partial charge in [-0.25, -0.2) is 0 Å². The quantitative estimate of drug-likeness (QED) is 0.674. The number of ether oxygens (including phenoxy) is 1. The molecule has 0 bridgehead atoms. The zero-order chi connectivity index (χ0) is 15.7. The Labute approximate surface area is 141 Å². The molecule has 1 amide bonds. The average Bonchev–Trinajstić information content (AvgIpc) is 2.52. The summed E-state index contributed by atoms with van der Waals surface area (Å²) in [5.41, 5.74) is 5.89. The van der Waals surface area contributed by atoms with Gasteiger partial charge in [-0.3, -0.25) is 9.69 Å². The lowest BCUT2D eigenvalue weighted by Crippen LogP contribution is -2.53. The van der Waals surface area contributed by atoms with Gasteiger partial charge in [-0.15, -0.1) is 12.4 Å². The second kappa shape index (κ2) is 12.1. The second-order valence-corrected chi connectivity index (χ2v) is 5.93. The third-order valence-corrected chi connectivity index (χ3v) is 4.53. The summed E-state index contributed by atoms with van der Waals surface area (Å²) in [5.74, 6) is 0.590. The van der Waals surface area contributed by atoms with Gasteiger partial charge in [-0.05, 0) is 12.3 Å². The number of nitrogens with one attached hydrogen (secondary N) is 1. The van der Waals surface area contributed by atoms with Crippen LogP contribution in [0.3, 0.4) is 0 Å². The van der Waals surface area contributed by atoms with Crippen molar-refractivity contribution in [3.8, 4) is 0 Å². The van der Waals surface area contributed by atoms with Crippen LogP contribution in [0.5, 0.6) is 0 Å². The van der Waals surface area contributed by atoms with E-state index in [2.05, 4.69) is 24.1 Å². The summed E-state index contributed by atoms with van der Waals surface area (Å²) in [4.78, 5) is 14.5. The molecule has 6 heteroatoms. The van der Waals surface area contributed by atoms with Crippen molar-refractivity contribution in [2.75, 3.05) is 32.8 Å². The standard InChI is InChI=1S/C16H33N3O2.ClH/c1-4-7-14(17)16(20)18-12-15(13(5-2)6-3)19-8-10-21-11-9-19;/h13-15H,4-12,17H2,1-3H3,(H,18,20);1H. The first kappa shape index (κ1) is 21.6. The Morgan fingerprint density at radius 1 is 1.23 bits per heavy atom. The van der Waals surface area contributed by atoms with E-state index in [4.69, 9.17) is 10.5 Å². The second-order valence-electron chi connectivity index (χ2n) is 5.93. The number of amides is 1. The predicted octanol–water partition coefficient (Wildman–Crippen LogP) is 1.79. The number of nitrogens with zero attached hydrogens (tertiary/aromatic N) is 1. The Morgan fingerprint density at radius 2 is 1.82 bits per heavy atom. The third-order valence-electron chi connectivity index (χ3n) is 4.53. The Hall–Kier alpha value is -0.360. The topological polar surface area (TPSA) is 67.6 Å². The van der Waals surface area contributed by atoms with Crippen molar-refractivity contribution in [1.82, 2.24) is 10.2 Å². The summed E-state index contributed by atoms with van der Waals surface area (Å²) in [6, 6.07) is 0.0173. The van der Waals surface area contributed by atoms with Crippen LogP contribution in [0.25, 0.3) is 0 Å². The SMILES string of the molecule is CCCC(N)C(=O)NCC(C(CC)CC)N1CCOCC1.Cl. The molecule has 3 N–H and O–H groups in total. The summed E-state index contributed by atoms with van der Waals surface area (Å²) in [6.07, 6.45) is 3.96. The molecule has 0 aliphatic carbocycles. The van der Waals surface area contributed by atoms with Crippen molar-refractivity contribution in [2.45, 2.75) is 58.5 Å². The maximum atomic E-state index is 12.0. The van der Waals surface area contributed by atoms with Crippen LogP contribution in [0, 0.1) is 5.92 Å². The zero-order valence-corrected chi connectivity index (χ0v) is 15.2. The van der Waals surface area contributed by atoms with Crippen LogP contribution in [0.1, 0.15) is 46.5 Å². The molecule has 5 nitrogen and oxygen atoms in total. The van der Waals surface area contributed by atoms with Crippen molar-refractivity contribution in [1.29, 1.82) is 0 Å². The van der Waals surface area contributed by atoms with Crippen molar-refractivity contribution in [3.05, 3.63) is 0 Å². The van der Waals surface area contributed by atoms with Gasteiger partial charge in [-0.2, -0.15) is 0 Å². The van der Waals surface area contributed by atoms with E-state index in [0.717, 1.165) is 52.0 Å². The minimum atomic E-state index is -0.373. The monoisotopic (exact) mass is 335 g/mol. The molecule has 2 atom stereocenters. The highest BCUT2D eigenvalue weighted by Crippen LogP contribution is 2.19. The molecule has 132 valence electrons. The number of morpholine rings is 1. The van der Waals surface area contributed by atoms with Crippen molar-refractivity contribution in [3.63, 3.8) is 0 Å². The van der Waals surface area contributed by atoms with Gasteiger partial charge in [0.25, 0.3) is 0 Å². The summed E-state index contributed by atoms with van der Waals surface area (Å²) >= 11 is 0. The summed E-state index contributed by atoms with van der Waals surface area (Å²) < 4.78 is 5.44. The Morgan fingerprint density at radius 3 is 2.32 bits per heavy atom. The van der Waals surface area contributed by atoms with Gasteiger partial charge in [0, 0.05) is 25.7 Å². The third kappa shape index (κ3) is 6.82. The van der Waals surface area contributed by atoms with E-state index in [1.807, 2.05) is 6.92 Å². The minimum absolute atomic E-state index is 0. The average molecular weight is 336 g/mol. The number of hydrogen-bond donors (Lipinski definition) is 2. The van der Waals surface area contributed by atoms with Crippen LogP contribution < -0.4 is 11.1 Å². The minimum Gasteiger partial charge on any atom is -0.379 e. The van der Waals surface area contributed by atoms with Gasteiger partial charge in [0.15, 0.2) is 0 Å². The fraction of sp³-hybridized carbons (Fsp3) is 0.938. The molecule has 0 radical (unpaired) electrons. The van der Waals surface area contributed by atoms with Crippen LogP contribution in [0.15, 0.2) is 0 Å². The maximum absolute atomic E-state index is 12.0. The molecule has 1 aliphatic heterocycles. The highest BCUT2D eigenvalue weighted by atomic mass is 35.5. The molecule has 1 heterocycles. The van der Waals surface area contributed by atoms with Crippen molar-refractivity contribution >= 4 is 18.3 Å². The van der Waals surface area contributed by atoms with E-state index in [1.54, 1.807) is 0 Å². The van der Waals surface area contributed by atoms with E-state index in [1.165, 1.54) is 0 Å². The van der Waals surface area contributed by atoms with Crippen molar-refractivity contribution < 1.29 is 9.53 Å². The number of carbonyl (C=O) groups excluding carboxylic acids is 1. The molecule has 0 saturated carbocycles. The van der Waals surface area contributed by atoms with Gasteiger partial charge in [-0.1, -0.05) is 40.0 Å². The number of carbonyl (C=O) groups is 1. The molecule has 0 aromatic rings. The lowest BCUT2D eigenvalue weighted by molar-refractivity contribution is -0.123. The lowest BCUT2D eigenvalue weighted by Gasteiger charge is -2.39. The van der Waals surface area contributed by atoms with Crippen LogP contribution in [0.4, 0.5) is 0 Å². The number of halogens is 1. The zero-order valence-electron chi connectivity index (χ0n) is 14.3. The van der Waals surface area contributed by atoms with Crippen LogP contribution >= 0.6 is 12.4 Å². The predicted molar refractivity (Wildman–Crippen MR) is 93.4 cm³/mol. The fourth-order valence-electron chi connectivity index (χ4n) is 3.11. The normalized spacial score (nSPS) is 18.6. The molecule has 0 spiro atoms. The smallest absolute Gasteiger partial charge is 0.236 e. The molecule has 1 saturated heterocycles. The number of rotatable bonds is 9. The van der Waals surface area contributed by atoms with Crippen molar-refractivity contribution in [2.24, 2.45) is 11.7 Å². The van der Waals surface area contributed by atoms with Crippen LogP contribution in [-0.4, -0.2) is 55.7 Å². The number of nitrogens with two attached hydrogens (primary N) is 1. The molecule has 0 aromatic heterocycles. The fourth-order valence-corrected chi connectivity index (χ4v) is 3.11. The largest absolute Gasteiger partial charge is 0.379 e. The van der Waals surface area contributed by atoms with Gasteiger partial charge in [0.05, 0.1) is 19.3 Å². The van der Waals surface area contributed by atoms with Gasteiger partial charge >= 0.3 is 0 Å². The summed E-state index contributed by atoms with van der Waals surface area (Å²) in [5, 5.41) is 3.07. The molecule has 1 rings (SSSR count). The summed E-state index contributed by atoms with van der Waals surface area (Å²) in [7, 11) is 0. The van der Waals surface area contributed by atoms with Gasteiger partial charge < -0.3 is 15.8 Å². The van der Waals surface area contributed by atoms with E-state index in [0.29, 0.717) is 18.5 Å². The Kier molecular flexibility index (Phi) is 11.9. The number of hydrogen-bond acceptors (Lipinski definition) is 4. The van der Waals surface area contributed by atoms with Gasteiger partial charge in [0.1, 0.15) is 0 Å². The first-order chi connectivity index (χ1) is 10.1. The van der Waals surface area contributed by atoms with E-state index in [-0.39, 0.29) is 24.4 Å². The summed E-state index contributed by atoms with van der Waals surface area (Å²) in [6.45, 7) is 10.7. The molecule has 1 aliphatic rings. The highest BCUT2D eigenvalue weighted by Gasteiger charge is 2.27. The first-order valence-corrected chi connectivity index (χ1v) is 8.49. The molecular weight excluding hydrogens is 302 g/mol. The van der Waals surface area contributed by atoms with Gasteiger partial charge in [0.2, 0.25) is 5.91 Å². The lowest BCUT2D eigenvalue weighted by atomic mass is 9.92. The van der Waals surface area contributed by atoms with Crippen LogP contribution in [0.2, 0.25) is 0 Å². The van der Waals surface area contributed by atoms with E-state index < -0.39 is 0 Å². The van der Waals surface area contributed by atoms with E-state index >= 15 is 0 Å². The Balaban J connectivity index is 0.00000441. The molecule has 2 unspecified atom stereocenters. The molecule has 1 fully saturated rings. The highest BCUT2D eigenvalue weighted by molar-refractivity contribution is 5.85. The first-order valence-electron chi connectivity index (χ1n) is 8.49. The maximum Gasteiger partial charge on any atom is 0.236 e. The molecule has 22 heavy (non-hydrogen) atoms. The van der Waals surface area contributed by atoms with Crippen LogP contribution in [-0.2, 0) is 9.53 Å². The van der Waals surface area contributed by atoms with E-state index in [9.17, 15) is 4.79 Å². The Bertz CT molecular complexity index is 295. The molecule has 0 aromatic carbocycles. The molecular formula is C16H34ClN3O2.